The third-order valence-corrected chi connectivity index (χ3v) is 12.0. The molecule has 1 aliphatic rings. The van der Waals surface area contributed by atoms with E-state index in [-0.39, 0.29) is 5.41 Å². The zero-order valence-electron chi connectivity index (χ0n) is 31.4. The Morgan fingerprint density at radius 2 is 1.33 bits per heavy atom. The average Bonchev–Trinajstić information content (AvgIpc) is 3.95. The molecule has 0 unspecified atom stereocenters. The van der Waals surface area contributed by atoms with Crippen LogP contribution in [0.3, 0.4) is 0 Å². The van der Waals surface area contributed by atoms with E-state index in [0.29, 0.717) is 0 Å². The summed E-state index contributed by atoms with van der Waals surface area (Å²) < 4.78 is 8.77. The summed E-state index contributed by atoms with van der Waals surface area (Å²) in [6, 6.07) is 57.9. The van der Waals surface area contributed by atoms with Crippen molar-refractivity contribution in [3.8, 4) is 28.2 Å². The Labute approximate surface area is 328 Å². The lowest BCUT2D eigenvalue weighted by Crippen LogP contribution is -2.31. The first kappa shape index (κ1) is 31.9. The van der Waals surface area contributed by atoms with E-state index in [4.69, 9.17) is 14.4 Å². The van der Waals surface area contributed by atoms with Crippen molar-refractivity contribution in [2.24, 2.45) is 0 Å². The lowest BCUT2D eigenvalue weighted by atomic mass is 9.72. The van der Waals surface area contributed by atoms with E-state index in [2.05, 4.69) is 174 Å². The van der Waals surface area contributed by atoms with Gasteiger partial charge in [0.25, 0.3) is 0 Å². The Morgan fingerprint density at radius 1 is 0.579 bits per heavy atom. The molecule has 270 valence electrons. The van der Waals surface area contributed by atoms with Crippen molar-refractivity contribution >= 4 is 72.0 Å². The molecule has 0 fully saturated rings. The molecule has 4 aromatic heterocycles. The third kappa shape index (κ3) is 4.58. The summed E-state index contributed by atoms with van der Waals surface area (Å²) in [5, 5.41) is 4.63. The number of hydrogen-bond acceptors (Lipinski definition) is 4. The van der Waals surface area contributed by atoms with E-state index in [1.165, 1.54) is 21.9 Å². The number of furan rings is 1. The molecule has 0 bridgehead atoms. The molecule has 1 N–H and O–H groups in total. The number of hydrogen-bond donors (Lipinski definition) is 1. The van der Waals surface area contributed by atoms with Gasteiger partial charge in [0.05, 0.1) is 27.9 Å². The van der Waals surface area contributed by atoms with Gasteiger partial charge in [-0.15, -0.1) is 0 Å². The minimum absolute atomic E-state index is 0.312. The summed E-state index contributed by atoms with van der Waals surface area (Å²) in [6.07, 6.45) is 1.87. The summed E-state index contributed by atoms with van der Waals surface area (Å²) >= 11 is 0. The van der Waals surface area contributed by atoms with Gasteiger partial charge < -0.3 is 9.40 Å². The number of fused-ring (bicyclic) bond motifs is 9. The third-order valence-electron chi connectivity index (χ3n) is 12.0. The van der Waals surface area contributed by atoms with Crippen LogP contribution < -0.4 is 4.90 Å². The van der Waals surface area contributed by atoms with E-state index in [0.717, 1.165) is 89.4 Å². The Balaban J connectivity index is 1.10. The second-order valence-corrected chi connectivity index (χ2v) is 15.5. The number of para-hydroxylation sites is 5. The van der Waals surface area contributed by atoms with Crippen LogP contribution >= 0.6 is 0 Å². The maximum absolute atomic E-state index is 6.47. The van der Waals surface area contributed by atoms with Crippen LogP contribution in [0.15, 0.2) is 174 Å². The summed E-state index contributed by atoms with van der Waals surface area (Å²) in [5.41, 5.74) is 14.5. The smallest absolute Gasteiger partial charge is 0.147 e. The first-order valence-electron chi connectivity index (χ1n) is 19.4. The topological polar surface area (TPSA) is 62.9 Å². The fraction of sp³-hybridized carbons (Fsp3) is 0.0588. The van der Waals surface area contributed by atoms with Gasteiger partial charge in [-0.1, -0.05) is 111 Å². The number of imidazole rings is 1. The maximum atomic E-state index is 6.47. The van der Waals surface area contributed by atoms with Gasteiger partial charge in [0, 0.05) is 61.6 Å². The van der Waals surface area contributed by atoms with Crippen molar-refractivity contribution in [3.05, 3.63) is 181 Å². The number of rotatable bonds is 4. The normalized spacial score (nSPS) is 13.5. The first-order valence-corrected chi connectivity index (χ1v) is 19.4. The number of aromatic amines is 1. The zero-order chi connectivity index (χ0) is 37.8. The standard InChI is InChI=1S/C51H35N5O/c1-51(2)39-26-25-31(28-43(39)56(47-24-10-11-27-52-47)44-30-46-38(29-40(44)51)35-17-7-9-23-45(35)57-46)33-18-13-22-42-49(33)54-50(55(42)32-14-4-3-5-15-32)37-20-12-19-36-34-16-6-8-21-41(34)53-48(36)37/h3-30,53H,1-2H3. The predicted molar refractivity (Wildman–Crippen MR) is 233 cm³/mol. The molecular formula is C51H35N5O. The minimum Gasteiger partial charge on any atom is -0.456 e. The quantitative estimate of drug-likeness (QED) is 0.196. The molecule has 12 rings (SSSR count). The van der Waals surface area contributed by atoms with Gasteiger partial charge in [-0.25, -0.2) is 9.97 Å². The number of nitrogens with zero attached hydrogens (tertiary/aromatic N) is 4. The predicted octanol–water partition coefficient (Wildman–Crippen LogP) is 13.4. The van der Waals surface area contributed by atoms with E-state index < -0.39 is 0 Å². The van der Waals surface area contributed by atoms with Gasteiger partial charge in [0.1, 0.15) is 22.8 Å². The van der Waals surface area contributed by atoms with E-state index in [9.17, 15) is 0 Å². The van der Waals surface area contributed by atoms with Crippen LogP contribution in [0.2, 0.25) is 0 Å². The molecule has 7 aromatic carbocycles. The average molecular weight is 734 g/mol. The number of aromatic nitrogens is 4. The van der Waals surface area contributed by atoms with Crippen molar-refractivity contribution in [2.45, 2.75) is 19.3 Å². The lowest BCUT2D eigenvalue weighted by Gasteiger charge is -2.41. The Hall–Kier alpha value is -7.44. The van der Waals surface area contributed by atoms with Gasteiger partial charge in [0.2, 0.25) is 0 Å². The maximum Gasteiger partial charge on any atom is 0.147 e. The molecule has 11 aromatic rings. The summed E-state index contributed by atoms with van der Waals surface area (Å²) in [6.45, 7) is 4.65. The summed E-state index contributed by atoms with van der Waals surface area (Å²) in [4.78, 5) is 16.5. The Kier molecular flexibility index (Phi) is 6.59. The lowest BCUT2D eigenvalue weighted by molar-refractivity contribution is 0.630. The molecule has 0 radical (unpaired) electrons. The highest BCUT2D eigenvalue weighted by Crippen LogP contribution is 2.54. The summed E-state index contributed by atoms with van der Waals surface area (Å²) in [5.74, 6) is 1.74. The van der Waals surface area contributed by atoms with Crippen LogP contribution in [0.1, 0.15) is 25.0 Å². The second-order valence-electron chi connectivity index (χ2n) is 15.5. The molecule has 57 heavy (non-hydrogen) atoms. The van der Waals surface area contributed by atoms with Crippen LogP contribution in [0.4, 0.5) is 17.2 Å². The fourth-order valence-corrected chi connectivity index (χ4v) is 9.28. The molecule has 6 heteroatoms. The fourth-order valence-electron chi connectivity index (χ4n) is 9.28. The molecule has 5 heterocycles. The van der Waals surface area contributed by atoms with Crippen molar-refractivity contribution in [2.75, 3.05) is 4.90 Å². The first-order chi connectivity index (χ1) is 28.0. The highest BCUT2D eigenvalue weighted by Gasteiger charge is 2.38. The van der Waals surface area contributed by atoms with Gasteiger partial charge in [-0.3, -0.25) is 9.47 Å². The highest BCUT2D eigenvalue weighted by molar-refractivity contribution is 6.12. The van der Waals surface area contributed by atoms with Crippen molar-refractivity contribution in [1.29, 1.82) is 0 Å². The Bertz CT molecular complexity index is 3390. The van der Waals surface area contributed by atoms with Crippen LogP contribution in [0, 0.1) is 0 Å². The zero-order valence-corrected chi connectivity index (χ0v) is 31.4. The number of pyridine rings is 1. The van der Waals surface area contributed by atoms with Gasteiger partial charge >= 0.3 is 0 Å². The van der Waals surface area contributed by atoms with E-state index in [1.807, 2.05) is 24.4 Å². The number of H-pyrrole nitrogens is 1. The second kappa shape index (κ2) is 11.8. The molecule has 0 spiro atoms. The molecule has 6 nitrogen and oxygen atoms in total. The molecule has 0 amide bonds. The van der Waals surface area contributed by atoms with E-state index in [1.54, 1.807) is 0 Å². The SMILES string of the molecule is CC1(C)c2ccc(-c3cccc4c3nc(-c3cccc5c3[nH]c3ccccc35)n4-c3ccccc3)cc2N(c2ccccn2)c2cc3oc4ccccc4c3cc21. The number of nitrogens with one attached hydrogen (secondary N) is 1. The minimum atomic E-state index is -0.312. The van der Waals surface area contributed by atoms with E-state index >= 15 is 0 Å². The molecule has 0 saturated heterocycles. The van der Waals surface area contributed by atoms with Crippen LogP contribution in [0.5, 0.6) is 0 Å². The number of anilines is 3. The van der Waals surface area contributed by atoms with Crippen LogP contribution in [0.25, 0.3) is 83.0 Å². The summed E-state index contributed by atoms with van der Waals surface area (Å²) in [7, 11) is 0. The van der Waals surface area contributed by atoms with Gasteiger partial charge in [-0.2, -0.15) is 0 Å². The van der Waals surface area contributed by atoms with Crippen LogP contribution in [-0.2, 0) is 5.41 Å². The Morgan fingerprint density at radius 3 is 2.21 bits per heavy atom. The van der Waals surface area contributed by atoms with Crippen molar-refractivity contribution in [3.63, 3.8) is 0 Å². The van der Waals surface area contributed by atoms with Gasteiger partial charge in [0.15, 0.2) is 0 Å². The molecule has 0 aliphatic carbocycles. The van der Waals surface area contributed by atoms with Gasteiger partial charge in [-0.05, 0) is 77.4 Å². The van der Waals surface area contributed by atoms with Crippen molar-refractivity contribution in [1.82, 2.24) is 19.5 Å². The molecule has 0 atom stereocenters. The molecular weight excluding hydrogens is 699 g/mol. The molecule has 0 saturated carbocycles. The van der Waals surface area contributed by atoms with Crippen molar-refractivity contribution < 1.29 is 4.42 Å². The number of benzene rings is 7. The molecule has 1 aliphatic heterocycles. The largest absolute Gasteiger partial charge is 0.456 e. The van der Waals surface area contributed by atoms with Crippen LogP contribution in [-0.4, -0.2) is 19.5 Å². The monoisotopic (exact) mass is 733 g/mol. The highest BCUT2D eigenvalue weighted by atomic mass is 16.3.